The Labute approximate surface area is 288 Å². The quantitative estimate of drug-likeness (QED) is 0.235. The monoisotopic (exact) mass is 718 g/mol. The van der Waals surface area contributed by atoms with Crippen molar-refractivity contribution in [2.24, 2.45) is 0 Å². The fraction of sp³-hybridized carbons (Fsp3) is 0.545. The predicted octanol–water partition coefficient (Wildman–Crippen LogP) is 4.93. The molecule has 49 heavy (non-hydrogen) atoms. The minimum Gasteiger partial charge on any atom is -0.508 e. The summed E-state index contributed by atoms with van der Waals surface area (Å²) in [4.78, 5) is 14.4. The Balaban J connectivity index is 1.10. The lowest BCUT2D eigenvalue weighted by Gasteiger charge is -2.37. The van der Waals surface area contributed by atoms with Crippen LogP contribution in [0.25, 0.3) is 21.1 Å². The third kappa shape index (κ3) is 8.12. The molecule has 0 spiro atoms. The lowest BCUT2D eigenvalue weighted by atomic mass is 10.0. The molecule has 2 fully saturated rings. The third-order valence-corrected chi connectivity index (χ3v) is 11.9. The van der Waals surface area contributed by atoms with Gasteiger partial charge in [0.1, 0.15) is 34.0 Å². The molecule has 0 unspecified atom stereocenters. The van der Waals surface area contributed by atoms with E-state index in [-0.39, 0.29) is 22.7 Å². The number of likely N-dealkylation sites (tertiary alicyclic amines) is 1. The van der Waals surface area contributed by atoms with Crippen LogP contribution < -0.4 is 5.32 Å². The number of fused-ring (bicyclic) bond motifs is 2. The van der Waals surface area contributed by atoms with Crippen LogP contribution in [0.15, 0.2) is 24.3 Å². The minimum absolute atomic E-state index is 0.0508. The second-order valence-electron chi connectivity index (χ2n) is 13.1. The van der Waals surface area contributed by atoms with Crippen molar-refractivity contribution < 1.29 is 26.7 Å². The summed E-state index contributed by atoms with van der Waals surface area (Å²) in [5, 5.41) is 26.0. The fourth-order valence-electron chi connectivity index (χ4n) is 6.86. The number of rotatable bonds is 10. The summed E-state index contributed by atoms with van der Waals surface area (Å²) < 4.78 is 66.5. The van der Waals surface area contributed by atoms with Gasteiger partial charge in [-0.1, -0.05) is 6.92 Å². The van der Waals surface area contributed by atoms with Gasteiger partial charge in [-0.25, -0.2) is 18.4 Å². The highest BCUT2D eigenvalue weighted by Gasteiger charge is 2.30. The number of aromatic hydroxyl groups is 1. The molecule has 2 saturated heterocycles. The average Bonchev–Trinajstić information content (AvgIpc) is 3.60. The number of sulfonamides is 1. The van der Waals surface area contributed by atoms with Gasteiger partial charge < -0.3 is 15.0 Å². The SMILES string of the molecule is CCc1nc(NC2CCN(Cc3cc4cc(C#N)n(C[C@H](C)N5CCN(S(C)(=O)=O)CC5)c4cc3O)CC2)c2cc(CC(F)(F)F)sc2n1. The van der Waals surface area contributed by atoms with Crippen LogP contribution >= 0.6 is 11.3 Å². The molecule has 6 rings (SSSR count). The van der Waals surface area contributed by atoms with Gasteiger partial charge >= 0.3 is 6.18 Å². The summed E-state index contributed by atoms with van der Waals surface area (Å²) >= 11 is 1.06. The molecule has 0 amide bonds. The average molecular weight is 719 g/mol. The maximum Gasteiger partial charge on any atom is 0.393 e. The molecule has 0 bridgehead atoms. The van der Waals surface area contributed by atoms with Gasteiger partial charge in [-0.15, -0.1) is 11.3 Å². The van der Waals surface area contributed by atoms with Crippen LogP contribution in [-0.2, 0) is 36.0 Å². The number of nitrogens with zero attached hydrogens (tertiary/aromatic N) is 7. The smallest absolute Gasteiger partial charge is 0.393 e. The first-order valence-electron chi connectivity index (χ1n) is 16.5. The van der Waals surface area contributed by atoms with Crippen molar-refractivity contribution >= 4 is 48.3 Å². The maximum absolute atomic E-state index is 13.1. The number of benzene rings is 1. The molecule has 1 atom stereocenters. The lowest BCUT2D eigenvalue weighted by molar-refractivity contribution is -0.126. The molecule has 2 aliphatic rings. The molecule has 1 aromatic carbocycles. The highest BCUT2D eigenvalue weighted by Crippen LogP contribution is 2.35. The summed E-state index contributed by atoms with van der Waals surface area (Å²) in [5.74, 6) is 1.33. The van der Waals surface area contributed by atoms with Crippen LogP contribution in [0.2, 0.25) is 0 Å². The number of hydrogen-bond donors (Lipinski definition) is 2. The Morgan fingerprint density at radius 2 is 1.82 bits per heavy atom. The molecule has 4 aromatic rings. The summed E-state index contributed by atoms with van der Waals surface area (Å²) in [6.45, 7) is 8.63. The van der Waals surface area contributed by atoms with E-state index in [2.05, 4.69) is 38.1 Å². The van der Waals surface area contributed by atoms with Gasteiger partial charge in [-0.05, 0) is 38.0 Å². The van der Waals surface area contributed by atoms with Crippen LogP contribution in [0.3, 0.4) is 0 Å². The second-order valence-corrected chi connectivity index (χ2v) is 16.2. The van der Waals surface area contributed by atoms with E-state index in [9.17, 15) is 32.0 Å². The van der Waals surface area contributed by atoms with E-state index in [4.69, 9.17) is 0 Å². The van der Waals surface area contributed by atoms with Crippen molar-refractivity contribution in [3.8, 4) is 11.8 Å². The van der Waals surface area contributed by atoms with Crippen molar-refractivity contribution in [3.05, 3.63) is 46.2 Å². The van der Waals surface area contributed by atoms with Crippen molar-refractivity contribution in [1.29, 1.82) is 5.26 Å². The molecule has 0 radical (unpaired) electrons. The third-order valence-electron chi connectivity index (χ3n) is 9.53. The molecule has 16 heteroatoms. The zero-order chi connectivity index (χ0) is 35.1. The maximum atomic E-state index is 13.1. The van der Waals surface area contributed by atoms with E-state index < -0.39 is 22.6 Å². The van der Waals surface area contributed by atoms with Crippen LogP contribution in [0.1, 0.15) is 48.6 Å². The number of nitriles is 1. The van der Waals surface area contributed by atoms with Crippen molar-refractivity contribution in [2.45, 2.75) is 70.9 Å². The zero-order valence-corrected chi connectivity index (χ0v) is 29.4. The van der Waals surface area contributed by atoms with Gasteiger partial charge in [-0.3, -0.25) is 9.80 Å². The van der Waals surface area contributed by atoms with E-state index in [0.29, 0.717) is 73.2 Å². The van der Waals surface area contributed by atoms with E-state index in [1.165, 1.54) is 10.6 Å². The van der Waals surface area contributed by atoms with Gasteiger partial charge in [0.2, 0.25) is 10.0 Å². The van der Waals surface area contributed by atoms with Crippen LogP contribution in [0, 0.1) is 11.3 Å². The summed E-state index contributed by atoms with van der Waals surface area (Å²) in [6.07, 6.45) is -1.89. The zero-order valence-electron chi connectivity index (χ0n) is 27.8. The molecule has 0 saturated carbocycles. The number of nitrogens with one attached hydrogen (secondary N) is 1. The van der Waals surface area contributed by atoms with E-state index in [0.717, 1.165) is 53.7 Å². The molecule has 2 N–H and O–H groups in total. The van der Waals surface area contributed by atoms with Crippen molar-refractivity contribution in [2.75, 3.05) is 50.8 Å². The highest BCUT2D eigenvalue weighted by molar-refractivity contribution is 7.88. The molecule has 2 aliphatic heterocycles. The first kappa shape index (κ1) is 35.3. The Morgan fingerprint density at radius 3 is 2.45 bits per heavy atom. The van der Waals surface area contributed by atoms with Crippen LogP contribution in [0.4, 0.5) is 19.0 Å². The van der Waals surface area contributed by atoms with Crippen LogP contribution in [-0.4, -0.2) is 106 Å². The standard InChI is InChI=1S/C33H41F3N8O3S2/c1-4-30-39-31(27-15-26(17-33(34,35)36)48-32(27)40-30)38-24-5-7-41(8-6-24)20-23-13-22-14-25(18-37)44(28(22)16-29(23)45)19-21(2)42-9-11-43(12-10-42)49(3,46)47/h13-16,21,24,45H,4-12,17,19-20H2,1-3H3,(H,38,39,40)/t21-/m0/s1. The summed E-state index contributed by atoms with van der Waals surface area (Å²) in [7, 11) is -3.22. The molecule has 3 aromatic heterocycles. The second kappa shape index (κ2) is 14.0. The number of phenolic OH excluding ortho intramolecular Hbond substituents is 1. The first-order chi connectivity index (χ1) is 23.2. The van der Waals surface area contributed by atoms with Gasteiger partial charge in [-0.2, -0.15) is 22.7 Å². The molecule has 5 heterocycles. The van der Waals surface area contributed by atoms with Crippen LogP contribution in [0.5, 0.6) is 5.75 Å². The summed E-state index contributed by atoms with van der Waals surface area (Å²) in [6, 6.07) is 9.51. The predicted molar refractivity (Wildman–Crippen MR) is 184 cm³/mol. The van der Waals surface area contributed by atoms with E-state index in [1.807, 2.05) is 23.6 Å². The largest absolute Gasteiger partial charge is 0.508 e. The first-order valence-corrected chi connectivity index (χ1v) is 19.2. The number of halogens is 3. The number of piperidine rings is 1. The Bertz CT molecular complexity index is 1970. The van der Waals surface area contributed by atoms with E-state index in [1.54, 1.807) is 12.1 Å². The molecular formula is C33H41F3N8O3S2. The number of aromatic nitrogens is 3. The van der Waals surface area contributed by atoms with Gasteiger partial charge in [0.15, 0.2) is 0 Å². The number of alkyl halides is 3. The lowest BCUT2D eigenvalue weighted by Crippen LogP contribution is -2.51. The summed E-state index contributed by atoms with van der Waals surface area (Å²) in [5.41, 5.74) is 2.05. The van der Waals surface area contributed by atoms with Gasteiger partial charge in [0, 0.05) is 92.8 Å². The number of anilines is 1. The fourth-order valence-corrected chi connectivity index (χ4v) is 8.76. The normalized spacial score (nSPS) is 18.3. The number of piperazine rings is 1. The van der Waals surface area contributed by atoms with Gasteiger partial charge in [0.05, 0.1) is 23.6 Å². The minimum atomic E-state index is -4.29. The van der Waals surface area contributed by atoms with Gasteiger partial charge in [0.25, 0.3) is 0 Å². The molecule has 0 aliphatic carbocycles. The Morgan fingerprint density at radius 1 is 1.10 bits per heavy atom. The molecular weight excluding hydrogens is 678 g/mol. The topological polar surface area (TPSA) is 131 Å². The van der Waals surface area contributed by atoms with Crippen molar-refractivity contribution in [1.82, 2.24) is 28.6 Å². The highest BCUT2D eigenvalue weighted by atomic mass is 32.2. The molecule has 11 nitrogen and oxygen atoms in total. The number of hydrogen-bond acceptors (Lipinski definition) is 10. The number of phenols is 1. The Hall–Kier alpha value is -3.49. The Kier molecular flexibility index (Phi) is 10.1. The number of aryl methyl sites for hydroxylation is 1. The van der Waals surface area contributed by atoms with E-state index >= 15 is 0 Å². The number of thiophene rings is 1. The molecule has 264 valence electrons. The van der Waals surface area contributed by atoms with Crippen molar-refractivity contribution in [3.63, 3.8) is 0 Å².